The second kappa shape index (κ2) is 5.69. The van der Waals surface area contributed by atoms with E-state index in [9.17, 15) is 14.0 Å². The molecule has 3 rings (SSSR count). The molecule has 1 unspecified atom stereocenters. The van der Waals surface area contributed by atoms with Crippen molar-refractivity contribution in [3.8, 4) is 0 Å². The summed E-state index contributed by atoms with van der Waals surface area (Å²) in [5, 5.41) is 9.51. The van der Waals surface area contributed by atoms with Crippen LogP contribution in [-0.2, 0) is 9.53 Å². The van der Waals surface area contributed by atoms with Crippen LogP contribution in [0.25, 0.3) is 10.9 Å². The molecule has 1 N–H and O–H groups in total. The van der Waals surface area contributed by atoms with E-state index in [0.29, 0.717) is 10.9 Å². The van der Waals surface area contributed by atoms with Crippen molar-refractivity contribution in [2.45, 2.75) is 6.10 Å². The smallest absolute Gasteiger partial charge is 0.334 e. The van der Waals surface area contributed by atoms with E-state index in [1.807, 2.05) is 0 Å². The van der Waals surface area contributed by atoms with Crippen molar-refractivity contribution in [1.29, 1.82) is 0 Å². The Morgan fingerprint density at radius 2 is 2.23 bits per heavy atom. The van der Waals surface area contributed by atoms with Crippen LogP contribution in [0.3, 0.4) is 0 Å². The van der Waals surface area contributed by atoms with Crippen molar-refractivity contribution in [2.75, 3.05) is 19.7 Å². The topological polar surface area (TPSA) is 79.7 Å². The van der Waals surface area contributed by atoms with Gasteiger partial charge in [-0.05, 0) is 18.2 Å². The number of pyridine rings is 1. The number of aromatic nitrogens is 1. The molecule has 0 saturated carbocycles. The van der Waals surface area contributed by atoms with E-state index in [1.54, 1.807) is 12.1 Å². The lowest BCUT2D eigenvalue weighted by Gasteiger charge is -2.31. The number of carboxylic acid groups (broad SMARTS) is 1. The summed E-state index contributed by atoms with van der Waals surface area (Å²) in [5.41, 5.74) is 0.522. The van der Waals surface area contributed by atoms with Gasteiger partial charge in [0.05, 0.1) is 24.2 Å². The van der Waals surface area contributed by atoms with Crippen LogP contribution in [0.2, 0.25) is 0 Å². The fraction of sp³-hybridized carbons (Fsp3) is 0.267. The number of hydrogen-bond acceptors (Lipinski definition) is 4. The van der Waals surface area contributed by atoms with Crippen molar-refractivity contribution in [1.82, 2.24) is 9.88 Å². The molecule has 2 aromatic rings. The summed E-state index contributed by atoms with van der Waals surface area (Å²) in [6.07, 6.45) is 0.460. The predicted octanol–water partition coefficient (Wildman–Crippen LogP) is 1.30. The number of ether oxygens (including phenoxy) is 1. The van der Waals surface area contributed by atoms with Gasteiger partial charge < -0.3 is 14.7 Å². The average Bonchev–Trinajstić information content (AvgIpc) is 2.53. The lowest BCUT2D eigenvalue weighted by molar-refractivity contribution is -0.154. The molecule has 1 aliphatic rings. The summed E-state index contributed by atoms with van der Waals surface area (Å²) in [6.45, 7) is 0.315. The zero-order chi connectivity index (χ0) is 15.7. The molecule has 2 heterocycles. The Labute approximate surface area is 125 Å². The van der Waals surface area contributed by atoms with E-state index in [1.165, 1.54) is 17.2 Å². The van der Waals surface area contributed by atoms with E-state index >= 15 is 0 Å². The summed E-state index contributed by atoms with van der Waals surface area (Å²) in [6, 6.07) is 5.76. The largest absolute Gasteiger partial charge is 0.479 e. The highest BCUT2D eigenvalue weighted by Crippen LogP contribution is 2.21. The van der Waals surface area contributed by atoms with Gasteiger partial charge in [-0.15, -0.1) is 0 Å². The number of carbonyl (C=O) groups is 2. The first-order valence-corrected chi connectivity index (χ1v) is 6.74. The van der Waals surface area contributed by atoms with Crippen LogP contribution in [-0.4, -0.2) is 52.7 Å². The number of aliphatic carboxylic acids is 1. The molecule has 1 aromatic carbocycles. The van der Waals surface area contributed by atoms with Gasteiger partial charge in [-0.1, -0.05) is 6.07 Å². The summed E-state index contributed by atoms with van der Waals surface area (Å²) in [4.78, 5) is 29.1. The van der Waals surface area contributed by atoms with Gasteiger partial charge in [-0.2, -0.15) is 0 Å². The minimum atomic E-state index is -1.13. The van der Waals surface area contributed by atoms with Crippen molar-refractivity contribution in [2.24, 2.45) is 0 Å². The zero-order valence-electron chi connectivity index (χ0n) is 11.5. The summed E-state index contributed by atoms with van der Waals surface area (Å²) >= 11 is 0. The molecule has 0 radical (unpaired) electrons. The number of carbonyl (C=O) groups excluding carboxylic acids is 1. The number of hydrogen-bond donors (Lipinski definition) is 1. The maximum absolute atomic E-state index is 13.7. The first-order valence-electron chi connectivity index (χ1n) is 6.74. The number of carboxylic acids is 1. The maximum Gasteiger partial charge on any atom is 0.334 e. The molecule has 1 amide bonds. The number of amides is 1. The number of morpholine rings is 1. The normalized spacial score (nSPS) is 18.4. The van der Waals surface area contributed by atoms with Crippen LogP contribution < -0.4 is 0 Å². The number of nitrogens with zero attached hydrogens (tertiary/aromatic N) is 2. The highest BCUT2D eigenvalue weighted by Gasteiger charge is 2.30. The van der Waals surface area contributed by atoms with Crippen LogP contribution >= 0.6 is 0 Å². The Morgan fingerprint density at radius 3 is 3.00 bits per heavy atom. The molecule has 0 spiro atoms. The third kappa shape index (κ3) is 2.62. The molecule has 1 fully saturated rings. The minimum Gasteiger partial charge on any atom is -0.479 e. The molecular weight excluding hydrogens is 291 g/mol. The molecule has 0 bridgehead atoms. The second-order valence-corrected chi connectivity index (χ2v) is 4.98. The molecule has 1 atom stereocenters. The van der Waals surface area contributed by atoms with Gasteiger partial charge >= 0.3 is 5.97 Å². The van der Waals surface area contributed by atoms with Crippen molar-refractivity contribution >= 4 is 22.8 Å². The van der Waals surface area contributed by atoms with Gasteiger partial charge in [0.2, 0.25) is 0 Å². The average molecular weight is 304 g/mol. The van der Waals surface area contributed by atoms with E-state index < -0.39 is 23.8 Å². The molecule has 0 aliphatic carbocycles. The Morgan fingerprint density at radius 1 is 1.41 bits per heavy atom. The van der Waals surface area contributed by atoms with Crippen molar-refractivity contribution in [3.05, 3.63) is 41.8 Å². The van der Waals surface area contributed by atoms with Gasteiger partial charge in [0.15, 0.2) is 6.10 Å². The Hall–Kier alpha value is -2.54. The predicted molar refractivity (Wildman–Crippen MR) is 75.0 cm³/mol. The highest BCUT2D eigenvalue weighted by atomic mass is 19.1. The van der Waals surface area contributed by atoms with Gasteiger partial charge in [-0.3, -0.25) is 9.78 Å². The van der Waals surface area contributed by atoms with Crippen LogP contribution in [0.5, 0.6) is 0 Å². The quantitative estimate of drug-likeness (QED) is 0.904. The number of benzene rings is 1. The van der Waals surface area contributed by atoms with E-state index in [2.05, 4.69) is 4.98 Å². The first-order chi connectivity index (χ1) is 10.6. The maximum atomic E-state index is 13.7. The number of rotatable bonds is 2. The molecule has 22 heavy (non-hydrogen) atoms. The van der Waals surface area contributed by atoms with Gasteiger partial charge in [0.25, 0.3) is 5.91 Å². The summed E-state index contributed by atoms with van der Waals surface area (Å²) in [5.74, 6) is -2.11. The lowest BCUT2D eigenvalue weighted by atomic mass is 10.1. The van der Waals surface area contributed by atoms with Crippen LogP contribution in [0.4, 0.5) is 4.39 Å². The number of halogens is 1. The summed E-state index contributed by atoms with van der Waals surface area (Å²) < 4.78 is 18.8. The number of fused-ring (bicyclic) bond motifs is 1. The van der Waals surface area contributed by atoms with E-state index in [4.69, 9.17) is 9.84 Å². The molecular formula is C15H13FN2O4. The third-order valence-electron chi connectivity index (χ3n) is 3.53. The third-order valence-corrected chi connectivity index (χ3v) is 3.53. The van der Waals surface area contributed by atoms with Crippen LogP contribution in [0.1, 0.15) is 10.4 Å². The van der Waals surface area contributed by atoms with Crippen LogP contribution in [0.15, 0.2) is 30.5 Å². The second-order valence-electron chi connectivity index (χ2n) is 4.98. The molecule has 7 heteroatoms. The molecule has 1 aromatic heterocycles. The summed E-state index contributed by atoms with van der Waals surface area (Å²) in [7, 11) is 0. The minimum absolute atomic E-state index is 0.0704. The van der Waals surface area contributed by atoms with E-state index in [-0.39, 0.29) is 25.3 Å². The van der Waals surface area contributed by atoms with Crippen molar-refractivity contribution in [3.63, 3.8) is 0 Å². The van der Waals surface area contributed by atoms with Gasteiger partial charge in [-0.25, -0.2) is 9.18 Å². The zero-order valence-corrected chi connectivity index (χ0v) is 11.5. The fourth-order valence-electron chi connectivity index (χ4n) is 2.47. The molecule has 6 nitrogen and oxygen atoms in total. The standard InChI is InChI=1S/C15H13FN2O4/c16-10-6-9-2-1-3-17-13(9)11(7-10)14(19)18-4-5-22-12(8-18)15(20)21/h1-3,6-7,12H,4-5,8H2,(H,20,21). The molecule has 1 aliphatic heterocycles. The van der Waals surface area contributed by atoms with Gasteiger partial charge in [0.1, 0.15) is 5.82 Å². The van der Waals surface area contributed by atoms with E-state index in [0.717, 1.165) is 6.07 Å². The SMILES string of the molecule is O=C(O)C1CN(C(=O)c2cc(F)cc3cccnc23)CCO1. The highest BCUT2D eigenvalue weighted by molar-refractivity contribution is 6.05. The monoisotopic (exact) mass is 304 g/mol. The Bertz CT molecular complexity index is 749. The molecule has 1 saturated heterocycles. The Balaban J connectivity index is 1.97. The lowest BCUT2D eigenvalue weighted by Crippen LogP contribution is -2.48. The fourth-order valence-corrected chi connectivity index (χ4v) is 2.47. The van der Waals surface area contributed by atoms with Crippen LogP contribution in [0, 0.1) is 5.82 Å². The van der Waals surface area contributed by atoms with Crippen molar-refractivity contribution < 1.29 is 23.8 Å². The first kappa shape index (κ1) is 14.4. The van der Waals surface area contributed by atoms with Gasteiger partial charge in [0, 0.05) is 18.1 Å². The molecule has 114 valence electrons. The Kier molecular flexibility index (Phi) is 3.72.